The fourth-order valence-electron chi connectivity index (χ4n) is 3.87. The number of nitrogens with zero attached hydrogens (tertiary/aromatic N) is 3. The van der Waals surface area contributed by atoms with Gasteiger partial charge < -0.3 is 10.2 Å². The largest absolute Gasteiger partial charge is 0.355 e. The van der Waals surface area contributed by atoms with Crippen LogP contribution in [-0.4, -0.2) is 42.6 Å². The molecule has 2 aliphatic heterocycles. The Kier molecular flexibility index (Phi) is 5.73. The first-order valence-corrected chi connectivity index (χ1v) is 9.58. The zero-order valence-corrected chi connectivity index (χ0v) is 15.6. The summed E-state index contributed by atoms with van der Waals surface area (Å²) < 4.78 is 0. The first-order valence-electron chi connectivity index (χ1n) is 9.58. The molecule has 0 bridgehead atoms. The van der Waals surface area contributed by atoms with Crippen molar-refractivity contribution >= 4 is 5.91 Å². The van der Waals surface area contributed by atoms with Crippen LogP contribution in [-0.2, 0) is 10.2 Å². The van der Waals surface area contributed by atoms with Gasteiger partial charge in [-0.1, -0.05) is 37.3 Å². The highest BCUT2D eigenvalue weighted by Crippen LogP contribution is 2.38. The van der Waals surface area contributed by atoms with Crippen LogP contribution < -0.4 is 5.32 Å². The Morgan fingerprint density at radius 2 is 1.92 bits per heavy atom. The summed E-state index contributed by atoms with van der Waals surface area (Å²) in [6.07, 6.45) is 9.21. The fourth-order valence-corrected chi connectivity index (χ4v) is 3.87. The van der Waals surface area contributed by atoms with Crippen LogP contribution in [0.3, 0.4) is 0 Å². The third-order valence-corrected chi connectivity index (χ3v) is 5.78. The molecule has 0 saturated carbocycles. The van der Waals surface area contributed by atoms with Gasteiger partial charge in [-0.05, 0) is 38.0 Å². The van der Waals surface area contributed by atoms with E-state index in [-0.39, 0.29) is 11.6 Å². The van der Waals surface area contributed by atoms with Crippen molar-refractivity contribution in [3.8, 4) is 12.3 Å². The van der Waals surface area contributed by atoms with Crippen molar-refractivity contribution in [3.05, 3.63) is 35.9 Å². The van der Waals surface area contributed by atoms with E-state index in [1.807, 2.05) is 18.2 Å². The maximum absolute atomic E-state index is 13.2. The van der Waals surface area contributed by atoms with E-state index in [2.05, 4.69) is 45.4 Å². The number of hydrogen-bond acceptors (Lipinski definition) is 4. The number of rotatable bonds is 8. The van der Waals surface area contributed by atoms with E-state index in [4.69, 9.17) is 6.42 Å². The number of amides is 1. The highest BCUT2D eigenvalue weighted by atomic mass is 16.2. The smallest absolute Gasteiger partial charge is 0.230 e. The van der Waals surface area contributed by atoms with Gasteiger partial charge in [-0.15, -0.1) is 12.3 Å². The molecule has 0 spiro atoms. The summed E-state index contributed by atoms with van der Waals surface area (Å²) in [5.41, 5.74) is 0.345. The van der Waals surface area contributed by atoms with Crippen molar-refractivity contribution in [3.63, 3.8) is 0 Å². The Labute approximate surface area is 156 Å². The minimum Gasteiger partial charge on any atom is -0.355 e. The van der Waals surface area contributed by atoms with E-state index in [0.29, 0.717) is 13.0 Å². The summed E-state index contributed by atoms with van der Waals surface area (Å²) in [5, 5.41) is 11.5. The first kappa shape index (κ1) is 18.6. The Morgan fingerprint density at radius 1 is 1.23 bits per heavy atom. The highest BCUT2D eigenvalue weighted by Gasteiger charge is 2.43. The molecule has 0 radical (unpaired) electrons. The van der Waals surface area contributed by atoms with Gasteiger partial charge >= 0.3 is 0 Å². The SMILES string of the molecule is C#CCCC1(CCNC(=O)C2(c3ccccc3)CCN(CC)CC2)N=N1. The molecule has 0 aliphatic carbocycles. The number of carbonyl (C=O) groups is 1. The third kappa shape index (κ3) is 3.96. The van der Waals surface area contributed by atoms with E-state index < -0.39 is 5.41 Å². The van der Waals surface area contributed by atoms with Gasteiger partial charge in [-0.2, -0.15) is 10.2 Å². The molecule has 2 aliphatic rings. The van der Waals surface area contributed by atoms with Crippen molar-refractivity contribution in [2.45, 2.75) is 50.1 Å². The summed E-state index contributed by atoms with van der Waals surface area (Å²) in [6.45, 7) is 5.70. The van der Waals surface area contributed by atoms with Gasteiger partial charge in [0.1, 0.15) is 0 Å². The molecule has 3 rings (SSSR count). The Morgan fingerprint density at radius 3 is 2.50 bits per heavy atom. The zero-order valence-electron chi connectivity index (χ0n) is 15.6. The average molecular weight is 352 g/mol. The monoisotopic (exact) mass is 352 g/mol. The summed E-state index contributed by atoms with van der Waals surface area (Å²) in [6, 6.07) is 10.2. The average Bonchev–Trinajstić information content (AvgIpc) is 3.47. The van der Waals surface area contributed by atoms with Crippen molar-refractivity contribution in [2.75, 3.05) is 26.2 Å². The lowest BCUT2D eigenvalue weighted by molar-refractivity contribution is -0.128. The Hall–Kier alpha value is -2.19. The molecule has 5 nitrogen and oxygen atoms in total. The number of likely N-dealkylation sites (tertiary alicyclic amines) is 1. The number of nitrogens with one attached hydrogen (secondary N) is 1. The molecule has 1 aromatic rings. The van der Waals surface area contributed by atoms with Crippen LogP contribution in [0.2, 0.25) is 0 Å². The highest BCUT2D eigenvalue weighted by molar-refractivity contribution is 5.88. The number of terminal acetylenes is 1. The van der Waals surface area contributed by atoms with Crippen LogP contribution in [0.4, 0.5) is 0 Å². The van der Waals surface area contributed by atoms with Crippen LogP contribution in [0.1, 0.15) is 44.6 Å². The topological polar surface area (TPSA) is 57.1 Å². The van der Waals surface area contributed by atoms with Crippen LogP contribution in [0, 0.1) is 12.3 Å². The molecule has 1 amide bonds. The predicted octanol–water partition coefficient (Wildman–Crippen LogP) is 3.12. The quantitative estimate of drug-likeness (QED) is 0.731. The van der Waals surface area contributed by atoms with Crippen molar-refractivity contribution in [1.29, 1.82) is 0 Å². The van der Waals surface area contributed by atoms with Crippen LogP contribution >= 0.6 is 0 Å². The molecule has 2 heterocycles. The zero-order chi connectivity index (χ0) is 18.5. The van der Waals surface area contributed by atoms with Gasteiger partial charge in [0.25, 0.3) is 0 Å². The van der Waals surface area contributed by atoms with Crippen molar-refractivity contribution in [1.82, 2.24) is 10.2 Å². The second kappa shape index (κ2) is 8.01. The Balaban J connectivity index is 1.64. The lowest BCUT2D eigenvalue weighted by Crippen LogP contribution is -2.52. The van der Waals surface area contributed by atoms with Gasteiger partial charge in [-0.3, -0.25) is 4.79 Å². The number of carbonyl (C=O) groups excluding carboxylic acids is 1. The maximum atomic E-state index is 13.2. The van der Waals surface area contributed by atoms with Gasteiger partial charge in [0.2, 0.25) is 5.91 Å². The molecule has 1 saturated heterocycles. The summed E-state index contributed by atoms with van der Waals surface area (Å²) >= 11 is 0. The normalized spacial score (nSPS) is 20.3. The van der Waals surface area contributed by atoms with E-state index in [1.165, 1.54) is 0 Å². The minimum atomic E-state index is -0.434. The van der Waals surface area contributed by atoms with Crippen LogP contribution in [0.25, 0.3) is 0 Å². The fraction of sp³-hybridized carbons (Fsp3) is 0.571. The standard InChI is InChI=1S/C21H28N4O/c1-3-5-11-21(23-24-21)12-15-22-19(26)20(18-9-7-6-8-10-18)13-16-25(4-2)17-14-20/h1,6-10H,4-5,11-17H2,2H3,(H,22,26). The molecule has 0 aromatic heterocycles. The molecule has 0 unspecified atom stereocenters. The molecule has 26 heavy (non-hydrogen) atoms. The van der Waals surface area contributed by atoms with E-state index in [0.717, 1.165) is 50.9 Å². The lowest BCUT2D eigenvalue weighted by atomic mass is 9.72. The van der Waals surface area contributed by atoms with E-state index >= 15 is 0 Å². The Bertz CT molecular complexity index is 678. The van der Waals surface area contributed by atoms with E-state index in [9.17, 15) is 4.79 Å². The second-order valence-electron chi connectivity index (χ2n) is 7.27. The predicted molar refractivity (Wildman–Crippen MR) is 103 cm³/mol. The summed E-state index contributed by atoms with van der Waals surface area (Å²) in [4.78, 5) is 15.6. The molecular weight excluding hydrogens is 324 g/mol. The first-order chi connectivity index (χ1) is 12.6. The third-order valence-electron chi connectivity index (χ3n) is 5.78. The lowest BCUT2D eigenvalue weighted by Gasteiger charge is -2.40. The molecule has 0 atom stereocenters. The van der Waals surface area contributed by atoms with Gasteiger partial charge in [0.15, 0.2) is 5.66 Å². The maximum Gasteiger partial charge on any atom is 0.230 e. The van der Waals surface area contributed by atoms with Crippen molar-refractivity contribution in [2.24, 2.45) is 10.2 Å². The molecule has 138 valence electrons. The number of hydrogen-bond donors (Lipinski definition) is 1. The molecule has 5 heteroatoms. The van der Waals surface area contributed by atoms with Crippen LogP contribution in [0.15, 0.2) is 40.6 Å². The molecule has 1 fully saturated rings. The number of benzene rings is 1. The van der Waals surface area contributed by atoms with Gasteiger partial charge in [0, 0.05) is 25.8 Å². The molecular formula is C21H28N4O. The van der Waals surface area contributed by atoms with Crippen LogP contribution in [0.5, 0.6) is 0 Å². The summed E-state index contributed by atoms with van der Waals surface area (Å²) in [5.74, 6) is 2.77. The van der Waals surface area contributed by atoms with E-state index in [1.54, 1.807) is 0 Å². The summed E-state index contributed by atoms with van der Waals surface area (Å²) in [7, 11) is 0. The molecule has 1 N–H and O–H groups in total. The molecule has 1 aromatic carbocycles. The van der Waals surface area contributed by atoms with Crippen molar-refractivity contribution < 1.29 is 4.79 Å². The van der Waals surface area contributed by atoms with Gasteiger partial charge in [-0.25, -0.2) is 0 Å². The second-order valence-corrected chi connectivity index (χ2v) is 7.27. The minimum absolute atomic E-state index is 0.132. The van der Waals surface area contributed by atoms with Gasteiger partial charge in [0.05, 0.1) is 5.41 Å². The number of piperidine rings is 1.